The van der Waals surface area contributed by atoms with E-state index in [1.165, 1.54) is 17.2 Å². The second-order valence-electron chi connectivity index (χ2n) is 8.30. The molecular formula is C27H22N8. The van der Waals surface area contributed by atoms with Gasteiger partial charge in [0.05, 0.1) is 29.1 Å². The van der Waals surface area contributed by atoms with Crippen LogP contribution in [0.1, 0.15) is 5.56 Å². The van der Waals surface area contributed by atoms with Crippen LogP contribution >= 0.6 is 0 Å². The Kier molecular flexibility index (Phi) is 5.23. The Bertz CT molecular complexity index is 1640. The zero-order valence-corrected chi connectivity index (χ0v) is 19.1. The van der Waals surface area contributed by atoms with Crippen LogP contribution in [0.5, 0.6) is 0 Å². The molecule has 6 rings (SSSR count). The van der Waals surface area contributed by atoms with Gasteiger partial charge in [-0.15, -0.1) is 0 Å². The standard InChI is InChI=1S/C27H22N8/c1-35-9-5-19-2-3-20(11-25(19)35)23-12-21(13-24-27(23)32-8-7-30-24)34-26-10-18(4-6-31-26)14-33-22-15-28-17-29-16-22/h2-13,15-17,33H,14H2,1H3,(H,31,34). The topological polar surface area (TPSA) is 93.4 Å². The molecule has 0 aliphatic carbocycles. The lowest BCUT2D eigenvalue weighted by molar-refractivity contribution is 0.969. The molecule has 2 N–H and O–H groups in total. The van der Waals surface area contributed by atoms with Crippen LogP contribution in [-0.2, 0) is 13.6 Å². The van der Waals surface area contributed by atoms with E-state index in [2.05, 4.69) is 83.7 Å². The Morgan fingerprint density at radius 1 is 0.829 bits per heavy atom. The minimum atomic E-state index is 0.635. The Morgan fingerprint density at radius 3 is 2.63 bits per heavy atom. The molecule has 0 amide bonds. The molecule has 0 spiro atoms. The fourth-order valence-electron chi connectivity index (χ4n) is 4.19. The molecule has 0 atom stereocenters. The van der Waals surface area contributed by atoms with Crippen LogP contribution in [0.4, 0.5) is 17.2 Å². The van der Waals surface area contributed by atoms with Gasteiger partial charge in [0.25, 0.3) is 0 Å². The first kappa shape index (κ1) is 20.7. The summed E-state index contributed by atoms with van der Waals surface area (Å²) in [4.78, 5) is 21.8. The largest absolute Gasteiger partial charge is 0.378 e. The number of aromatic nitrogens is 6. The smallest absolute Gasteiger partial charge is 0.130 e. The van der Waals surface area contributed by atoms with E-state index in [0.717, 1.165) is 44.9 Å². The van der Waals surface area contributed by atoms with Crippen molar-refractivity contribution in [2.45, 2.75) is 6.54 Å². The number of nitrogens with one attached hydrogen (secondary N) is 2. The van der Waals surface area contributed by atoms with Crippen molar-refractivity contribution in [3.63, 3.8) is 0 Å². The quantitative estimate of drug-likeness (QED) is 0.348. The lowest BCUT2D eigenvalue weighted by Gasteiger charge is -2.12. The monoisotopic (exact) mass is 458 g/mol. The van der Waals surface area contributed by atoms with Crippen molar-refractivity contribution in [2.75, 3.05) is 10.6 Å². The number of hydrogen-bond donors (Lipinski definition) is 2. The molecule has 0 saturated carbocycles. The van der Waals surface area contributed by atoms with Gasteiger partial charge in [0.15, 0.2) is 0 Å². The number of fused-ring (bicyclic) bond motifs is 2. The maximum Gasteiger partial charge on any atom is 0.130 e. The summed E-state index contributed by atoms with van der Waals surface area (Å²) in [7, 11) is 2.06. The minimum Gasteiger partial charge on any atom is -0.378 e. The summed E-state index contributed by atoms with van der Waals surface area (Å²) < 4.78 is 2.12. The zero-order chi connectivity index (χ0) is 23.6. The molecule has 0 unspecified atom stereocenters. The highest BCUT2D eigenvalue weighted by Gasteiger charge is 2.11. The van der Waals surface area contributed by atoms with Gasteiger partial charge < -0.3 is 15.2 Å². The minimum absolute atomic E-state index is 0.635. The highest BCUT2D eigenvalue weighted by molar-refractivity contribution is 5.97. The molecule has 4 heterocycles. The van der Waals surface area contributed by atoms with Gasteiger partial charge in [0, 0.05) is 55.1 Å². The normalized spacial score (nSPS) is 11.1. The van der Waals surface area contributed by atoms with Crippen LogP contribution in [0.2, 0.25) is 0 Å². The van der Waals surface area contributed by atoms with Crippen molar-refractivity contribution >= 4 is 39.1 Å². The van der Waals surface area contributed by atoms with Crippen molar-refractivity contribution in [3.8, 4) is 11.1 Å². The van der Waals surface area contributed by atoms with Crippen LogP contribution in [0.25, 0.3) is 33.1 Å². The SMILES string of the molecule is Cn1ccc2ccc(-c3cc(Nc4cc(CNc5cncnc5)ccn4)cc4nccnc34)cc21. The van der Waals surface area contributed by atoms with Crippen LogP contribution in [-0.4, -0.2) is 29.5 Å². The fraction of sp³-hybridized carbons (Fsp3) is 0.0741. The third-order valence-corrected chi connectivity index (χ3v) is 5.93. The van der Waals surface area contributed by atoms with E-state index >= 15 is 0 Å². The molecule has 0 radical (unpaired) electrons. The van der Waals surface area contributed by atoms with E-state index < -0.39 is 0 Å². The van der Waals surface area contributed by atoms with Gasteiger partial charge in [0.1, 0.15) is 12.1 Å². The lowest BCUT2D eigenvalue weighted by Crippen LogP contribution is -2.02. The first-order chi connectivity index (χ1) is 17.2. The van der Waals surface area contributed by atoms with Gasteiger partial charge in [-0.05, 0) is 52.9 Å². The molecule has 0 fully saturated rings. The van der Waals surface area contributed by atoms with Crippen molar-refractivity contribution in [1.29, 1.82) is 0 Å². The van der Waals surface area contributed by atoms with E-state index in [-0.39, 0.29) is 0 Å². The molecule has 0 aliphatic heterocycles. The van der Waals surface area contributed by atoms with Gasteiger partial charge >= 0.3 is 0 Å². The molecule has 2 aromatic carbocycles. The van der Waals surface area contributed by atoms with Crippen LogP contribution in [0.3, 0.4) is 0 Å². The van der Waals surface area contributed by atoms with Crippen LogP contribution < -0.4 is 10.6 Å². The summed E-state index contributed by atoms with van der Waals surface area (Å²) in [6.07, 6.45) is 12.3. The maximum absolute atomic E-state index is 4.63. The number of anilines is 3. The van der Waals surface area contributed by atoms with Gasteiger partial charge in [-0.3, -0.25) is 9.97 Å². The second kappa shape index (κ2) is 8.83. The molecule has 170 valence electrons. The summed E-state index contributed by atoms with van der Waals surface area (Å²) >= 11 is 0. The molecule has 0 bridgehead atoms. The average molecular weight is 459 g/mol. The maximum atomic E-state index is 4.63. The molecule has 0 saturated heterocycles. The van der Waals surface area contributed by atoms with Crippen LogP contribution in [0, 0.1) is 0 Å². The average Bonchev–Trinajstić information content (AvgIpc) is 3.28. The summed E-state index contributed by atoms with van der Waals surface area (Å²) in [5, 5.41) is 7.98. The number of hydrogen-bond acceptors (Lipinski definition) is 7. The summed E-state index contributed by atoms with van der Waals surface area (Å²) in [6.45, 7) is 0.635. The first-order valence-corrected chi connectivity index (χ1v) is 11.2. The number of benzene rings is 2. The third-order valence-electron chi connectivity index (χ3n) is 5.93. The Morgan fingerprint density at radius 2 is 1.71 bits per heavy atom. The number of nitrogens with zero attached hydrogens (tertiary/aromatic N) is 6. The van der Waals surface area contributed by atoms with Gasteiger partial charge in [-0.1, -0.05) is 12.1 Å². The lowest BCUT2D eigenvalue weighted by atomic mass is 10.0. The predicted molar refractivity (Wildman–Crippen MR) is 138 cm³/mol. The van der Waals surface area contributed by atoms with E-state index in [0.29, 0.717) is 6.54 Å². The number of aryl methyl sites for hydroxylation is 1. The van der Waals surface area contributed by atoms with Crippen LogP contribution in [0.15, 0.2) is 92.0 Å². The Balaban J connectivity index is 1.33. The number of pyridine rings is 1. The summed E-state index contributed by atoms with van der Waals surface area (Å²) in [5.41, 5.74) is 7.81. The molecule has 0 aliphatic rings. The molecule has 4 aromatic heterocycles. The molecule has 6 aromatic rings. The van der Waals surface area contributed by atoms with E-state index in [9.17, 15) is 0 Å². The number of rotatable bonds is 6. The van der Waals surface area contributed by atoms with Gasteiger partial charge in [-0.2, -0.15) is 0 Å². The molecular weight excluding hydrogens is 436 g/mol. The van der Waals surface area contributed by atoms with E-state index in [4.69, 9.17) is 0 Å². The fourth-order valence-corrected chi connectivity index (χ4v) is 4.19. The second-order valence-corrected chi connectivity index (χ2v) is 8.30. The highest BCUT2D eigenvalue weighted by atomic mass is 15.0. The van der Waals surface area contributed by atoms with Crippen molar-refractivity contribution in [1.82, 2.24) is 29.5 Å². The molecule has 8 heteroatoms. The highest BCUT2D eigenvalue weighted by Crippen LogP contribution is 2.33. The van der Waals surface area contributed by atoms with Gasteiger partial charge in [0.2, 0.25) is 0 Å². The predicted octanol–water partition coefficient (Wildman–Crippen LogP) is 5.33. The Labute approximate surface area is 201 Å². The Hall–Kier alpha value is -4.85. The third kappa shape index (κ3) is 4.24. The van der Waals surface area contributed by atoms with Crippen molar-refractivity contribution in [3.05, 3.63) is 97.6 Å². The molecule has 35 heavy (non-hydrogen) atoms. The zero-order valence-electron chi connectivity index (χ0n) is 19.1. The molecule has 8 nitrogen and oxygen atoms in total. The summed E-state index contributed by atoms with van der Waals surface area (Å²) in [6, 6.07) is 16.7. The van der Waals surface area contributed by atoms with Crippen molar-refractivity contribution < 1.29 is 0 Å². The summed E-state index contributed by atoms with van der Waals surface area (Å²) in [5.74, 6) is 0.751. The van der Waals surface area contributed by atoms with Gasteiger partial charge in [-0.25, -0.2) is 15.0 Å². The first-order valence-electron chi connectivity index (χ1n) is 11.2. The van der Waals surface area contributed by atoms with E-state index in [1.54, 1.807) is 31.0 Å². The van der Waals surface area contributed by atoms with Crippen molar-refractivity contribution in [2.24, 2.45) is 7.05 Å². The van der Waals surface area contributed by atoms with E-state index in [1.807, 2.05) is 18.2 Å².